The van der Waals surface area contributed by atoms with Crippen molar-refractivity contribution in [2.24, 2.45) is 5.41 Å². The van der Waals surface area contributed by atoms with Crippen LogP contribution in [0.2, 0.25) is 5.02 Å². The van der Waals surface area contributed by atoms with E-state index in [1.807, 2.05) is 31.2 Å². The van der Waals surface area contributed by atoms with Gasteiger partial charge in [-0.05, 0) is 37.8 Å². The molecule has 1 spiro atoms. The van der Waals surface area contributed by atoms with Crippen LogP contribution in [0.1, 0.15) is 31.7 Å². The number of nitrogens with one attached hydrogen (secondary N) is 1. The molecule has 1 saturated carbocycles. The van der Waals surface area contributed by atoms with Gasteiger partial charge in [0.1, 0.15) is 0 Å². The van der Waals surface area contributed by atoms with Crippen LogP contribution in [0.25, 0.3) is 0 Å². The van der Waals surface area contributed by atoms with Gasteiger partial charge in [-0.1, -0.05) is 29.8 Å². The van der Waals surface area contributed by atoms with Crippen molar-refractivity contribution in [3.05, 3.63) is 34.9 Å². The Hall–Kier alpha value is -1.10. The lowest BCUT2D eigenvalue weighted by Gasteiger charge is -2.57. The van der Waals surface area contributed by atoms with Crippen molar-refractivity contribution in [1.29, 1.82) is 0 Å². The molecule has 126 valence electrons. The molecule has 1 aliphatic carbocycles. The summed E-state index contributed by atoms with van der Waals surface area (Å²) in [5.41, 5.74) is 0.915. The maximum atomic E-state index is 12.4. The summed E-state index contributed by atoms with van der Waals surface area (Å²) in [6, 6.07) is 7.68. The van der Waals surface area contributed by atoms with Crippen LogP contribution in [-0.2, 0) is 20.7 Å². The van der Waals surface area contributed by atoms with E-state index in [9.17, 15) is 4.79 Å². The fourth-order valence-corrected chi connectivity index (χ4v) is 4.07. The predicted molar refractivity (Wildman–Crippen MR) is 89.6 cm³/mol. The molecule has 2 fully saturated rings. The van der Waals surface area contributed by atoms with Gasteiger partial charge in [-0.2, -0.15) is 0 Å². The Kier molecular flexibility index (Phi) is 5.24. The summed E-state index contributed by atoms with van der Waals surface area (Å²) in [7, 11) is 0. The summed E-state index contributed by atoms with van der Waals surface area (Å²) in [5, 5.41) is 3.85. The third kappa shape index (κ3) is 3.39. The molecule has 2 atom stereocenters. The molecule has 1 saturated heterocycles. The Bertz CT molecular complexity index is 557. The van der Waals surface area contributed by atoms with Crippen molar-refractivity contribution in [1.82, 2.24) is 5.32 Å². The van der Waals surface area contributed by atoms with Gasteiger partial charge in [-0.3, -0.25) is 4.79 Å². The van der Waals surface area contributed by atoms with Crippen molar-refractivity contribution in [2.45, 2.75) is 44.8 Å². The highest BCUT2D eigenvalue weighted by atomic mass is 35.5. The lowest BCUT2D eigenvalue weighted by Crippen LogP contribution is -2.66. The van der Waals surface area contributed by atoms with Gasteiger partial charge >= 0.3 is 0 Å². The van der Waals surface area contributed by atoms with Crippen molar-refractivity contribution >= 4 is 17.5 Å². The first-order chi connectivity index (χ1) is 11.2. The van der Waals surface area contributed by atoms with Gasteiger partial charge in [-0.15, -0.1) is 0 Å². The van der Waals surface area contributed by atoms with Gasteiger partial charge in [0.05, 0.1) is 12.5 Å². The van der Waals surface area contributed by atoms with Crippen LogP contribution >= 0.6 is 11.6 Å². The maximum absolute atomic E-state index is 12.4. The van der Waals surface area contributed by atoms with Crippen LogP contribution in [0.15, 0.2) is 24.3 Å². The minimum Gasteiger partial charge on any atom is -0.381 e. The second-order valence-electron chi connectivity index (χ2n) is 6.41. The van der Waals surface area contributed by atoms with Crippen LogP contribution < -0.4 is 5.32 Å². The Labute approximate surface area is 142 Å². The van der Waals surface area contributed by atoms with Gasteiger partial charge < -0.3 is 14.8 Å². The first-order valence-corrected chi connectivity index (χ1v) is 8.75. The molecular weight excluding hydrogens is 314 g/mol. The quantitative estimate of drug-likeness (QED) is 0.898. The topological polar surface area (TPSA) is 47.6 Å². The van der Waals surface area contributed by atoms with Crippen LogP contribution in [0.4, 0.5) is 0 Å². The zero-order chi connectivity index (χ0) is 16.3. The second-order valence-corrected chi connectivity index (χ2v) is 6.82. The van der Waals surface area contributed by atoms with E-state index < -0.39 is 0 Å². The van der Waals surface area contributed by atoms with Crippen molar-refractivity contribution in [3.63, 3.8) is 0 Å². The Morgan fingerprint density at radius 3 is 2.83 bits per heavy atom. The van der Waals surface area contributed by atoms with E-state index in [0.717, 1.165) is 38.0 Å². The molecule has 2 aliphatic rings. The number of carbonyl (C=O) groups excluding carboxylic acids is 1. The molecule has 1 aliphatic heterocycles. The zero-order valence-electron chi connectivity index (χ0n) is 13.5. The number of hydrogen-bond acceptors (Lipinski definition) is 3. The summed E-state index contributed by atoms with van der Waals surface area (Å²) < 4.78 is 11.4. The minimum atomic E-state index is 0.0314. The molecule has 23 heavy (non-hydrogen) atoms. The van der Waals surface area contributed by atoms with E-state index in [0.29, 0.717) is 18.1 Å². The molecular formula is C18H24ClNO3. The minimum absolute atomic E-state index is 0.0314. The largest absolute Gasteiger partial charge is 0.381 e. The molecule has 3 rings (SSSR count). The molecule has 0 unspecified atom stereocenters. The zero-order valence-corrected chi connectivity index (χ0v) is 14.3. The van der Waals surface area contributed by atoms with Gasteiger partial charge in [0.2, 0.25) is 5.91 Å². The van der Waals surface area contributed by atoms with Crippen molar-refractivity contribution < 1.29 is 14.3 Å². The third-order valence-corrected chi connectivity index (χ3v) is 5.59. The van der Waals surface area contributed by atoms with Crippen molar-refractivity contribution in [2.75, 3.05) is 19.8 Å². The second kappa shape index (κ2) is 7.20. The summed E-state index contributed by atoms with van der Waals surface area (Å²) in [4.78, 5) is 12.4. The molecule has 1 amide bonds. The van der Waals surface area contributed by atoms with E-state index in [1.54, 1.807) is 0 Å². The third-order valence-electron chi connectivity index (χ3n) is 5.22. The summed E-state index contributed by atoms with van der Waals surface area (Å²) in [5.74, 6) is 0.0314. The molecule has 1 aromatic rings. The Morgan fingerprint density at radius 2 is 2.13 bits per heavy atom. The number of ether oxygens (including phenoxy) is 2. The smallest absolute Gasteiger partial charge is 0.224 e. The standard InChI is InChI=1S/C18H24ClNO3/c1-2-23-16-12-15(18(16)7-9-22-10-8-18)20-17(21)11-13-5-3-4-6-14(13)19/h3-6,15-16H,2,7-12H2,1H3,(H,20,21)/t15-,16-/m1/s1. The van der Waals surface area contributed by atoms with Gasteiger partial charge in [0, 0.05) is 36.3 Å². The fraction of sp³-hybridized carbons (Fsp3) is 0.611. The molecule has 4 nitrogen and oxygen atoms in total. The lowest BCUT2D eigenvalue weighted by atomic mass is 9.57. The van der Waals surface area contributed by atoms with Gasteiger partial charge in [0.25, 0.3) is 0 Å². The highest BCUT2D eigenvalue weighted by molar-refractivity contribution is 6.31. The van der Waals surface area contributed by atoms with Crippen molar-refractivity contribution in [3.8, 4) is 0 Å². The average molecular weight is 338 g/mol. The normalized spacial score (nSPS) is 25.8. The molecule has 0 aromatic heterocycles. The Balaban J connectivity index is 1.63. The summed E-state index contributed by atoms with van der Waals surface area (Å²) >= 11 is 6.14. The summed E-state index contributed by atoms with van der Waals surface area (Å²) in [6.45, 7) is 4.24. The van der Waals surface area contributed by atoms with Crippen LogP contribution in [0, 0.1) is 5.41 Å². The maximum Gasteiger partial charge on any atom is 0.224 e. The molecule has 1 heterocycles. The predicted octanol–water partition coefficient (Wildman–Crippen LogP) is 2.97. The van der Waals surface area contributed by atoms with E-state index in [-0.39, 0.29) is 23.5 Å². The highest BCUT2D eigenvalue weighted by Crippen LogP contribution is 2.50. The van der Waals surface area contributed by atoms with E-state index in [2.05, 4.69) is 5.32 Å². The van der Waals surface area contributed by atoms with E-state index in [1.165, 1.54) is 0 Å². The van der Waals surface area contributed by atoms with Crippen LogP contribution in [0.5, 0.6) is 0 Å². The number of halogens is 1. The molecule has 5 heteroatoms. The number of carbonyl (C=O) groups is 1. The lowest BCUT2D eigenvalue weighted by molar-refractivity contribution is -0.175. The van der Waals surface area contributed by atoms with Crippen LogP contribution in [-0.4, -0.2) is 37.9 Å². The first kappa shape index (κ1) is 16.7. The first-order valence-electron chi connectivity index (χ1n) is 8.38. The SMILES string of the molecule is CCO[C@@H]1C[C@@H](NC(=O)Cc2ccccc2Cl)C12CCOCC2. The molecule has 1 aromatic carbocycles. The summed E-state index contributed by atoms with van der Waals surface area (Å²) in [6.07, 6.45) is 3.36. The van der Waals surface area contributed by atoms with Gasteiger partial charge in [-0.25, -0.2) is 0 Å². The molecule has 0 radical (unpaired) electrons. The average Bonchev–Trinajstić information content (AvgIpc) is 2.57. The number of benzene rings is 1. The van der Waals surface area contributed by atoms with E-state index >= 15 is 0 Å². The number of amides is 1. The highest BCUT2D eigenvalue weighted by Gasteiger charge is 2.56. The van der Waals surface area contributed by atoms with Crippen LogP contribution in [0.3, 0.4) is 0 Å². The number of hydrogen-bond donors (Lipinski definition) is 1. The fourth-order valence-electron chi connectivity index (χ4n) is 3.87. The van der Waals surface area contributed by atoms with E-state index in [4.69, 9.17) is 21.1 Å². The molecule has 1 N–H and O–H groups in total. The van der Waals surface area contributed by atoms with Gasteiger partial charge in [0.15, 0.2) is 0 Å². The molecule has 0 bridgehead atoms. The Morgan fingerprint density at radius 1 is 1.39 bits per heavy atom. The number of rotatable bonds is 5. The monoisotopic (exact) mass is 337 g/mol.